The third kappa shape index (κ3) is 2.60. The van der Waals surface area contributed by atoms with Gasteiger partial charge in [0.15, 0.2) is 5.82 Å². The Morgan fingerprint density at radius 3 is 3.08 bits per heavy atom. The number of aromatic nitrogens is 2. The molecular weight excluding hydrogens is 158 g/mol. The van der Waals surface area contributed by atoms with Crippen LogP contribution in [0.1, 0.15) is 18.1 Å². The first-order valence-electron chi connectivity index (χ1n) is 3.87. The molecular formula is C7H13N3O2. The fraction of sp³-hybridized carbons (Fsp3) is 0.714. The van der Waals surface area contributed by atoms with E-state index in [1.807, 2.05) is 0 Å². The summed E-state index contributed by atoms with van der Waals surface area (Å²) in [5.41, 5.74) is 5.33. The highest BCUT2D eigenvalue weighted by atomic mass is 16.5. The van der Waals surface area contributed by atoms with Crippen LogP contribution in [0.25, 0.3) is 0 Å². The molecule has 0 aliphatic heterocycles. The summed E-state index contributed by atoms with van der Waals surface area (Å²) >= 11 is 0. The van der Waals surface area contributed by atoms with Gasteiger partial charge < -0.3 is 15.0 Å². The van der Waals surface area contributed by atoms with E-state index in [2.05, 4.69) is 10.1 Å². The molecule has 12 heavy (non-hydrogen) atoms. The number of hydrogen-bond acceptors (Lipinski definition) is 5. The molecule has 1 aromatic heterocycles. The van der Waals surface area contributed by atoms with Gasteiger partial charge in [-0.1, -0.05) is 5.16 Å². The normalized spacial score (nSPS) is 10.5. The fourth-order valence-corrected chi connectivity index (χ4v) is 0.834. The Kier molecular flexibility index (Phi) is 3.69. The lowest BCUT2D eigenvalue weighted by Gasteiger charge is -1.88. The van der Waals surface area contributed by atoms with Gasteiger partial charge in [-0.25, -0.2) is 0 Å². The van der Waals surface area contributed by atoms with Crippen LogP contribution in [0.5, 0.6) is 0 Å². The highest BCUT2D eigenvalue weighted by molar-refractivity contribution is 4.84. The summed E-state index contributed by atoms with van der Waals surface area (Å²) < 4.78 is 9.70. The summed E-state index contributed by atoms with van der Waals surface area (Å²) in [4.78, 5) is 4.08. The van der Waals surface area contributed by atoms with E-state index >= 15 is 0 Å². The molecule has 0 bridgehead atoms. The number of nitrogens with zero attached hydrogens (tertiary/aromatic N) is 2. The van der Waals surface area contributed by atoms with Gasteiger partial charge in [-0.2, -0.15) is 4.98 Å². The average Bonchev–Trinajstić information content (AvgIpc) is 2.50. The van der Waals surface area contributed by atoms with Crippen molar-refractivity contribution in [3.63, 3.8) is 0 Å². The van der Waals surface area contributed by atoms with Gasteiger partial charge in [0.1, 0.15) is 6.61 Å². The van der Waals surface area contributed by atoms with Crippen molar-refractivity contribution in [1.29, 1.82) is 0 Å². The van der Waals surface area contributed by atoms with Gasteiger partial charge >= 0.3 is 0 Å². The molecule has 5 nitrogen and oxygen atoms in total. The Balaban J connectivity index is 2.41. The first kappa shape index (κ1) is 9.15. The third-order valence-electron chi connectivity index (χ3n) is 1.38. The Labute approximate surface area is 70.9 Å². The topological polar surface area (TPSA) is 74.2 Å². The van der Waals surface area contributed by atoms with Crippen LogP contribution in [0, 0.1) is 0 Å². The molecule has 0 saturated carbocycles. The van der Waals surface area contributed by atoms with E-state index in [1.54, 1.807) is 7.11 Å². The van der Waals surface area contributed by atoms with Crippen LogP contribution in [0.15, 0.2) is 4.52 Å². The smallest absolute Gasteiger partial charge is 0.252 e. The van der Waals surface area contributed by atoms with Crippen LogP contribution in [0.4, 0.5) is 0 Å². The molecule has 0 amide bonds. The molecule has 0 unspecified atom stereocenters. The molecule has 2 N–H and O–H groups in total. The second-order valence-corrected chi connectivity index (χ2v) is 2.43. The lowest BCUT2D eigenvalue weighted by Crippen LogP contribution is -2.01. The maximum atomic E-state index is 5.33. The summed E-state index contributed by atoms with van der Waals surface area (Å²) in [7, 11) is 1.59. The molecule has 1 rings (SSSR count). The third-order valence-corrected chi connectivity index (χ3v) is 1.38. The summed E-state index contributed by atoms with van der Waals surface area (Å²) in [6.45, 7) is 1.02. The van der Waals surface area contributed by atoms with Crippen LogP contribution in [-0.4, -0.2) is 23.8 Å². The first-order valence-corrected chi connectivity index (χ1v) is 3.87. The fourth-order valence-electron chi connectivity index (χ4n) is 0.834. The molecule has 0 aliphatic carbocycles. The first-order chi connectivity index (χ1) is 5.86. The van der Waals surface area contributed by atoms with Gasteiger partial charge in [0.05, 0.1) is 0 Å². The molecule has 1 aromatic rings. The van der Waals surface area contributed by atoms with E-state index < -0.39 is 0 Å². The van der Waals surface area contributed by atoms with Gasteiger partial charge in [0.25, 0.3) is 5.89 Å². The minimum Gasteiger partial charge on any atom is -0.375 e. The Morgan fingerprint density at radius 2 is 2.42 bits per heavy atom. The van der Waals surface area contributed by atoms with Crippen LogP contribution in [-0.2, 0) is 17.8 Å². The van der Waals surface area contributed by atoms with E-state index in [0.29, 0.717) is 24.9 Å². The molecule has 0 saturated heterocycles. The van der Waals surface area contributed by atoms with Crippen molar-refractivity contribution in [1.82, 2.24) is 10.1 Å². The van der Waals surface area contributed by atoms with Crippen molar-refractivity contribution in [2.45, 2.75) is 19.4 Å². The maximum absolute atomic E-state index is 5.33. The summed E-state index contributed by atoms with van der Waals surface area (Å²) in [6.07, 6.45) is 1.65. The molecule has 0 atom stereocenters. The van der Waals surface area contributed by atoms with E-state index in [0.717, 1.165) is 12.8 Å². The minimum atomic E-state index is 0.371. The zero-order valence-electron chi connectivity index (χ0n) is 7.12. The van der Waals surface area contributed by atoms with E-state index in [1.165, 1.54) is 0 Å². The zero-order chi connectivity index (χ0) is 8.81. The second kappa shape index (κ2) is 4.84. The lowest BCUT2D eigenvalue weighted by atomic mass is 10.3. The highest BCUT2D eigenvalue weighted by Crippen LogP contribution is 2.00. The number of methoxy groups -OCH3 is 1. The largest absolute Gasteiger partial charge is 0.375 e. The van der Waals surface area contributed by atoms with Gasteiger partial charge in [-0.15, -0.1) is 0 Å². The number of aryl methyl sites for hydroxylation is 1. The molecule has 1 heterocycles. The van der Waals surface area contributed by atoms with Crippen LogP contribution >= 0.6 is 0 Å². The predicted molar refractivity (Wildman–Crippen MR) is 42.4 cm³/mol. The maximum Gasteiger partial charge on any atom is 0.252 e. The zero-order valence-corrected chi connectivity index (χ0v) is 7.12. The van der Waals surface area contributed by atoms with Crippen LogP contribution in [0.2, 0.25) is 0 Å². The molecule has 5 heteroatoms. The quantitative estimate of drug-likeness (QED) is 0.680. The van der Waals surface area contributed by atoms with Crippen molar-refractivity contribution >= 4 is 0 Å². The molecule has 0 radical (unpaired) electrons. The summed E-state index contributed by atoms with van der Waals surface area (Å²) in [5.74, 6) is 1.22. The van der Waals surface area contributed by atoms with Crippen LogP contribution < -0.4 is 5.73 Å². The number of hydrogen-bond donors (Lipinski definition) is 1. The summed E-state index contributed by atoms with van der Waals surface area (Å²) in [5, 5.41) is 3.75. The van der Waals surface area contributed by atoms with Crippen molar-refractivity contribution in [2.75, 3.05) is 13.7 Å². The summed E-state index contributed by atoms with van der Waals surface area (Å²) in [6, 6.07) is 0. The minimum absolute atomic E-state index is 0.371. The Morgan fingerprint density at radius 1 is 1.58 bits per heavy atom. The van der Waals surface area contributed by atoms with Gasteiger partial charge in [-0.05, 0) is 13.0 Å². The average molecular weight is 171 g/mol. The van der Waals surface area contributed by atoms with Gasteiger partial charge in [0, 0.05) is 13.5 Å². The van der Waals surface area contributed by atoms with Crippen LogP contribution in [0.3, 0.4) is 0 Å². The van der Waals surface area contributed by atoms with Crippen molar-refractivity contribution in [3.05, 3.63) is 11.7 Å². The predicted octanol–water partition coefficient (Wildman–Crippen LogP) is 0.107. The molecule has 0 fully saturated rings. The second-order valence-electron chi connectivity index (χ2n) is 2.43. The molecule has 68 valence electrons. The Bertz CT molecular complexity index is 224. The van der Waals surface area contributed by atoms with E-state index in [9.17, 15) is 0 Å². The monoisotopic (exact) mass is 171 g/mol. The van der Waals surface area contributed by atoms with Crippen molar-refractivity contribution in [2.24, 2.45) is 5.73 Å². The van der Waals surface area contributed by atoms with Crippen molar-refractivity contribution < 1.29 is 9.26 Å². The highest BCUT2D eigenvalue weighted by Gasteiger charge is 2.03. The van der Waals surface area contributed by atoms with E-state index in [4.69, 9.17) is 15.0 Å². The molecule has 0 aliphatic rings. The number of rotatable bonds is 5. The molecule has 0 spiro atoms. The number of nitrogens with two attached hydrogens (primary N) is 1. The van der Waals surface area contributed by atoms with Gasteiger partial charge in [-0.3, -0.25) is 0 Å². The molecule has 0 aromatic carbocycles. The van der Waals surface area contributed by atoms with E-state index in [-0.39, 0.29) is 0 Å². The van der Waals surface area contributed by atoms with Crippen molar-refractivity contribution in [3.8, 4) is 0 Å². The lowest BCUT2D eigenvalue weighted by molar-refractivity contribution is 0.151. The SMILES string of the molecule is COCc1nc(CCCN)no1. The number of ether oxygens (including phenoxy) is 1. The van der Waals surface area contributed by atoms with Gasteiger partial charge in [0.2, 0.25) is 0 Å². The standard InChI is InChI=1S/C7H13N3O2/c1-11-5-7-9-6(10-12-7)3-2-4-8/h2-5,8H2,1H3. The Hall–Kier alpha value is -0.940.